The van der Waals surface area contributed by atoms with Crippen molar-refractivity contribution in [3.05, 3.63) is 95.2 Å². The molecule has 2 atom stereocenters. The van der Waals surface area contributed by atoms with Gasteiger partial charge in [-0.05, 0) is 47.7 Å². The second-order valence-electron chi connectivity index (χ2n) is 9.16. The van der Waals surface area contributed by atoms with E-state index in [9.17, 15) is 22.8 Å². The lowest BCUT2D eigenvalue weighted by Crippen LogP contribution is -2.45. The van der Waals surface area contributed by atoms with Gasteiger partial charge in [0.1, 0.15) is 0 Å². The molecule has 2 aliphatic rings. The first-order valence-electron chi connectivity index (χ1n) is 12.0. The molecule has 1 N–H and O–H groups in total. The van der Waals surface area contributed by atoms with Crippen LogP contribution in [0.25, 0.3) is 0 Å². The molecule has 0 saturated heterocycles. The molecular weight excluding hydrogens is 497 g/mol. The number of methoxy groups -OCH3 is 2. The Kier molecular flexibility index (Phi) is 6.60. The number of amides is 1. The van der Waals surface area contributed by atoms with E-state index >= 15 is 0 Å². The van der Waals surface area contributed by atoms with Gasteiger partial charge in [-0.25, -0.2) is 0 Å². The van der Waals surface area contributed by atoms with E-state index in [1.54, 1.807) is 30.3 Å². The number of alkyl halides is 3. The molecule has 0 saturated carbocycles. The van der Waals surface area contributed by atoms with Gasteiger partial charge >= 0.3 is 12.1 Å². The van der Waals surface area contributed by atoms with Gasteiger partial charge in [0.05, 0.1) is 31.6 Å². The Hall–Kier alpha value is -4.27. The number of rotatable bonds is 4. The Morgan fingerprint density at radius 2 is 1.58 bits per heavy atom. The first kappa shape index (κ1) is 25.4. The Bertz CT molecular complexity index is 1420. The molecule has 38 heavy (non-hydrogen) atoms. The number of nitrogens with zero attached hydrogens (tertiary/aromatic N) is 1. The van der Waals surface area contributed by atoms with Crippen LogP contribution in [-0.2, 0) is 9.59 Å². The number of nitrogens with one attached hydrogen (secondary N) is 1. The number of benzene rings is 3. The molecule has 0 bridgehead atoms. The lowest BCUT2D eigenvalue weighted by Gasteiger charge is -2.35. The maximum absolute atomic E-state index is 14.1. The third kappa shape index (κ3) is 4.49. The van der Waals surface area contributed by atoms with E-state index in [0.29, 0.717) is 28.5 Å². The largest absolute Gasteiger partial charge is 0.493 e. The minimum Gasteiger partial charge on any atom is -0.493 e. The zero-order valence-corrected chi connectivity index (χ0v) is 20.7. The molecule has 196 valence electrons. The van der Waals surface area contributed by atoms with Crippen molar-refractivity contribution >= 4 is 23.1 Å². The summed E-state index contributed by atoms with van der Waals surface area (Å²) in [4.78, 5) is 27.5. The van der Waals surface area contributed by atoms with Gasteiger partial charge in [0, 0.05) is 17.7 Å². The first-order chi connectivity index (χ1) is 18.2. The molecule has 1 heterocycles. The number of fused-ring (bicyclic) bond motifs is 1. The summed E-state index contributed by atoms with van der Waals surface area (Å²) in [5.41, 5.74) is 2.18. The number of ketones is 1. The number of hydrogen-bond donors (Lipinski definition) is 1. The van der Waals surface area contributed by atoms with Crippen molar-refractivity contribution in [2.75, 3.05) is 24.4 Å². The maximum atomic E-state index is 14.1. The van der Waals surface area contributed by atoms with Crippen molar-refractivity contribution in [2.24, 2.45) is 0 Å². The predicted molar refractivity (Wildman–Crippen MR) is 136 cm³/mol. The average Bonchev–Trinajstić information content (AvgIpc) is 3.06. The van der Waals surface area contributed by atoms with Gasteiger partial charge in [-0.15, -0.1) is 0 Å². The van der Waals surface area contributed by atoms with Gasteiger partial charge in [-0.2, -0.15) is 13.2 Å². The quantitative estimate of drug-likeness (QED) is 0.444. The third-order valence-corrected chi connectivity index (χ3v) is 6.94. The van der Waals surface area contributed by atoms with Crippen LogP contribution in [0.1, 0.15) is 35.9 Å². The number of Topliss-reactive ketones (excluding diaryl/α,β-unsaturated/α-hetero) is 1. The lowest BCUT2D eigenvalue weighted by atomic mass is 9.78. The summed E-state index contributed by atoms with van der Waals surface area (Å²) in [7, 11) is 2.85. The van der Waals surface area contributed by atoms with Crippen LogP contribution in [0.5, 0.6) is 11.5 Å². The lowest BCUT2D eigenvalue weighted by molar-refractivity contribution is -0.170. The van der Waals surface area contributed by atoms with Gasteiger partial charge in [0.15, 0.2) is 17.3 Å². The molecule has 6 nitrogen and oxygen atoms in total. The highest BCUT2D eigenvalue weighted by molar-refractivity contribution is 6.07. The van der Waals surface area contributed by atoms with Crippen LogP contribution < -0.4 is 19.7 Å². The Labute approximate surface area is 217 Å². The highest BCUT2D eigenvalue weighted by atomic mass is 19.4. The van der Waals surface area contributed by atoms with E-state index in [1.807, 2.05) is 30.3 Å². The summed E-state index contributed by atoms with van der Waals surface area (Å²) in [5.74, 6) is -1.94. The first-order valence-corrected chi connectivity index (χ1v) is 12.0. The van der Waals surface area contributed by atoms with Crippen LogP contribution in [0.3, 0.4) is 0 Å². The van der Waals surface area contributed by atoms with Gasteiger partial charge in [0.2, 0.25) is 0 Å². The number of ether oxygens (including phenoxy) is 2. The van der Waals surface area contributed by atoms with Crippen molar-refractivity contribution in [3.8, 4) is 11.5 Å². The molecule has 1 amide bonds. The molecule has 1 aliphatic heterocycles. The molecule has 3 aromatic rings. The molecule has 9 heteroatoms. The Morgan fingerprint density at radius 3 is 2.26 bits per heavy atom. The summed E-state index contributed by atoms with van der Waals surface area (Å²) in [5, 5.41) is 3.22. The number of para-hydroxylation sites is 2. The van der Waals surface area contributed by atoms with Gasteiger partial charge < -0.3 is 14.8 Å². The molecule has 5 rings (SSSR count). The topological polar surface area (TPSA) is 67.9 Å². The molecule has 0 spiro atoms. The van der Waals surface area contributed by atoms with E-state index in [1.165, 1.54) is 26.4 Å². The van der Waals surface area contributed by atoms with Gasteiger partial charge in [-0.1, -0.05) is 48.5 Å². The summed E-state index contributed by atoms with van der Waals surface area (Å²) >= 11 is 0. The molecule has 0 fully saturated rings. The van der Waals surface area contributed by atoms with Crippen LogP contribution in [0, 0.1) is 0 Å². The van der Waals surface area contributed by atoms with Crippen LogP contribution >= 0.6 is 0 Å². The fourth-order valence-electron chi connectivity index (χ4n) is 5.25. The van der Waals surface area contributed by atoms with Gasteiger partial charge in [0.25, 0.3) is 0 Å². The van der Waals surface area contributed by atoms with E-state index in [2.05, 4.69) is 5.32 Å². The predicted octanol–water partition coefficient (Wildman–Crippen LogP) is 6.17. The smallest absolute Gasteiger partial charge is 0.471 e. The third-order valence-electron chi connectivity index (χ3n) is 6.94. The fraction of sp³-hybridized carbons (Fsp3) is 0.241. The number of hydrogen-bond acceptors (Lipinski definition) is 5. The zero-order valence-electron chi connectivity index (χ0n) is 20.7. The highest BCUT2D eigenvalue weighted by Gasteiger charge is 2.50. The van der Waals surface area contributed by atoms with Gasteiger partial charge in [-0.3, -0.25) is 14.5 Å². The monoisotopic (exact) mass is 522 g/mol. The van der Waals surface area contributed by atoms with Crippen LogP contribution in [0.4, 0.5) is 24.5 Å². The second kappa shape index (κ2) is 9.89. The van der Waals surface area contributed by atoms with Crippen molar-refractivity contribution in [1.29, 1.82) is 0 Å². The molecule has 0 unspecified atom stereocenters. The van der Waals surface area contributed by atoms with E-state index in [-0.39, 0.29) is 40.7 Å². The summed E-state index contributed by atoms with van der Waals surface area (Å²) in [6.07, 6.45) is -4.70. The molecule has 0 aromatic heterocycles. The molecule has 1 aliphatic carbocycles. The van der Waals surface area contributed by atoms with E-state index < -0.39 is 18.1 Å². The normalized spacial score (nSPS) is 19.2. The van der Waals surface area contributed by atoms with Crippen LogP contribution in [-0.4, -0.2) is 32.1 Å². The van der Waals surface area contributed by atoms with E-state index in [0.717, 1.165) is 5.56 Å². The van der Waals surface area contributed by atoms with Crippen molar-refractivity contribution < 1.29 is 32.2 Å². The van der Waals surface area contributed by atoms with E-state index in [4.69, 9.17) is 9.47 Å². The fourth-order valence-corrected chi connectivity index (χ4v) is 5.25. The van der Waals surface area contributed by atoms with Crippen molar-refractivity contribution in [2.45, 2.75) is 31.0 Å². The molecular formula is C29H25F3N2O4. The van der Waals surface area contributed by atoms with Crippen LogP contribution in [0.2, 0.25) is 0 Å². The second-order valence-corrected chi connectivity index (χ2v) is 9.16. The highest BCUT2D eigenvalue weighted by Crippen LogP contribution is 2.49. The summed E-state index contributed by atoms with van der Waals surface area (Å²) in [6, 6.07) is 19.0. The number of halogens is 3. The number of anilines is 2. The number of carbonyl (C=O) groups is 2. The minimum absolute atomic E-state index is 0.0214. The zero-order chi connectivity index (χ0) is 27.0. The standard InChI is InChI=1S/C29H25F3N2O4/c1-37-24-13-12-18(16-25(24)38-2)27-26-21(14-19(15-23(26)35)17-8-4-3-5-9-17)33-20-10-6-7-11-22(20)34(27)28(36)29(30,31)32/h3-13,16,19,27,33H,14-15H2,1-2H3/t19-,27+/m0/s1. The summed E-state index contributed by atoms with van der Waals surface area (Å²) < 4.78 is 52.9. The van der Waals surface area contributed by atoms with Crippen molar-refractivity contribution in [1.82, 2.24) is 0 Å². The number of carbonyl (C=O) groups excluding carboxylic acids is 2. The SMILES string of the molecule is COc1ccc([C@@H]2C3=C(C[C@H](c4ccccc4)CC3=O)Nc3ccccc3N2C(=O)C(F)(F)F)cc1OC. The summed E-state index contributed by atoms with van der Waals surface area (Å²) in [6.45, 7) is 0. The maximum Gasteiger partial charge on any atom is 0.471 e. The Balaban J connectivity index is 1.76. The number of allylic oxidation sites excluding steroid dienone is 1. The van der Waals surface area contributed by atoms with Crippen LogP contribution in [0.15, 0.2) is 84.1 Å². The Morgan fingerprint density at radius 1 is 0.895 bits per heavy atom. The van der Waals surface area contributed by atoms with Crippen molar-refractivity contribution in [3.63, 3.8) is 0 Å². The minimum atomic E-state index is -5.18. The molecule has 3 aromatic carbocycles. The average molecular weight is 523 g/mol. The molecule has 0 radical (unpaired) electrons.